The molecular weight excluding hydrogens is 164 g/mol. The van der Waals surface area contributed by atoms with Gasteiger partial charge in [0.15, 0.2) is 0 Å². The van der Waals surface area contributed by atoms with Crippen LogP contribution in [0, 0.1) is 0 Å². The second kappa shape index (κ2) is 3.79. The van der Waals surface area contributed by atoms with Gasteiger partial charge in [0.1, 0.15) is 0 Å². The maximum absolute atomic E-state index is 5.63. The van der Waals surface area contributed by atoms with E-state index in [9.17, 15) is 0 Å². The third-order valence-electron chi connectivity index (χ3n) is 2.54. The number of nitrogens with two attached hydrogens (primary N) is 1. The number of rotatable bonds is 1. The summed E-state index contributed by atoms with van der Waals surface area (Å²) in [5, 5.41) is 7.63. The zero-order chi connectivity index (χ0) is 9.10. The lowest BCUT2D eigenvalue weighted by molar-refractivity contribution is 0.414. The number of nitrogen functional groups attached to an aromatic ring is 1. The molecule has 4 nitrogen and oxygen atoms in total. The van der Waals surface area contributed by atoms with E-state index in [-0.39, 0.29) is 0 Å². The van der Waals surface area contributed by atoms with E-state index in [2.05, 4.69) is 10.4 Å². The number of anilines is 1. The van der Waals surface area contributed by atoms with Crippen molar-refractivity contribution >= 4 is 5.69 Å². The zero-order valence-corrected chi connectivity index (χ0v) is 7.74. The van der Waals surface area contributed by atoms with Gasteiger partial charge in [-0.1, -0.05) is 0 Å². The Labute approximate surface area is 78.1 Å². The largest absolute Gasteiger partial charge is 0.396 e. The first-order valence-corrected chi connectivity index (χ1v) is 4.86. The Hall–Kier alpha value is -1.03. The molecule has 2 heterocycles. The highest BCUT2D eigenvalue weighted by Crippen LogP contribution is 2.19. The molecule has 0 aromatic carbocycles. The summed E-state index contributed by atoms with van der Waals surface area (Å²) < 4.78 is 2.00. The molecule has 13 heavy (non-hydrogen) atoms. The molecule has 1 fully saturated rings. The van der Waals surface area contributed by atoms with Crippen LogP contribution in [0.15, 0.2) is 12.4 Å². The molecule has 0 amide bonds. The maximum atomic E-state index is 5.63. The van der Waals surface area contributed by atoms with Gasteiger partial charge in [-0.15, -0.1) is 0 Å². The summed E-state index contributed by atoms with van der Waals surface area (Å²) in [6.45, 7) is 2.22. The molecule has 1 unspecified atom stereocenters. The fraction of sp³-hybridized carbons (Fsp3) is 0.667. The molecule has 0 spiro atoms. The van der Waals surface area contributed by atoms with Crippen LogP contribution in [0.25, 0.3) is 0 Å². The van der Waals surface area contributed by atoms with E-state index in [0.29, 0.717) is 6.04 Å². The number of aromatic nitrogens is 2. The minimum absolute atomic E-state index is 0.535. The summed E-state index contributed by atoms with van der Waals surface area (Å²) in [7, 11) is 0. The van der Waals surface area contributed by atoms with Crippen molar-refractivity contribution in [3.8, 4) is 0 Å². The van der Waals surface area contributed by atoms with Crippen LogP contribution in [0.2, 0.25) is 0 Å². The number of hydrogen-bond acceptors (Lipinski definition) is 3. The number of hydrogen-bond donors (Lipinski definition) is 2. The number of nitrogens with one attached hydrogen (secondary N) is 1. The van der Waals surface area contributed by atoms with Crippen molar-refractivity contribution < 1.29 is 0 Å². The standard InChI is InChI=1S/C9H16N4/c10-8-6-12-13(7-8)9-2-1-4-11-5-3-9/h6-7,9,11H,1-5,10H2. The molecule has 0 saturated carbocycles. The highest BCUT2D eigenvalue weighted by atomic mass is 15.3. The Morgan fingerprint density at radius 2 is 2.38 bits per heavy atom. The Morgan fingerprint density at radius 3 is 3.15 bits per heavy atom. The Balaban J connectivity index is 2.06. The van der Waals surface area contributed by atoms with E-state index < -0.39 is 0 Å². The molecule has 1 saturated heterocycles. The highest BCUT2D eigenvalue weighted by Gasteiger charge is 2.13. The van der Waals surface area contributed by atoms with Crippen molar-refractivity contribution in [3.63, 3.8) is 0 Å². The van der Waals surface area contributed by atoms with Gasteiger partial charge < -0.3 is 11.1 Å². The lowest BCUT2D eigenvalue weighted by atomic mass is 10.1. The molecular formula is C9H16N4. The summed E-state index contributed by atoms with van der Waals surface area (Å²) in [5.41, 5.74) is 6.39. The van der Waals surface area contributed by atoms with E-state index in [0.717, 1.165) is 25.2 Å². The first kappa shape index (κ1) is 8.56. The fourth-order valence-corrected chi connectivity index (χ4v) is 1.82. The Bertz CT molecular complexity index is 260. The van der Waals surface area contributed by atoms with Crippen LogP contribution in [-0.4, -0.2) is 22.9 Å². The second-order valence-corrected chi connectivity index (χ2v) is 3.59. The Kier molecular flexibility index (Phi) is 2.49. The molecule has 0 aliphatic carbocycles. The van der Waals surface area contributed by atoms with Crippen LogP contribution >= 0.6 is 0 Å². The van der Waals surface area contributed by atoms with Crippen LogP contribution in [-0.2, 0) is 0 Å². The maximum Gasteiger partial charge on any atom is 0.0719 e. The van der Waals surface area contributed by atoms with Crippen LogP contribution in [0.5, 0.6) is 0 Å². The zero-order valence-electron chi connectivity index (χ0n) is 7.74. The number of nitrogens with zero attached hydrogens (tertiary/aromatic N) is 2. The molecule has 0 radical (unpaired) electrons. The lowest BCUT2D eigenvalue weighted by Gasteiger charge is -2.13. The van der Waals surface area contributed by atoms with E-state index in [1.165, 1.54) is 12.8 Å². The highest BCUT2D eigenvalue weighted by molar-refractivity contribution is 5.30. The van der Waals surface area contributed by atoms with E-state index in [4.69, 9.17) is 5.73 Å². The topological polar surface area (TPSA) is 55.9 Å². The second-order valence-electron chi connectivity index (χ2n) is 3.59. The molecule has 4 heteroatoms. The normalized spacial score (nSPS) is 24.2. The van der Waals surface area contributed by atoms with Gasteiger partial charge in [0.2, 0.25) is 0 Å². The molecule has 1 atom stereocenters. The summed E-state index contributed by atoms with van der Waals surface area (Å²) in [6.07, 6.45) is 7.23. The van der Waals surface area contributed by atoms with E-state index in [1.807, 2.05) is 10.9 Å². The van der Waals surface area contributed by atoms with Gasteiger partial charge in [0.05, 0.1) is 17.9 Å². The van der Waals surface area contributed by atoms with E-state index >= 15 is 0 Å². The molecule has 3 N–H and O–H groups in total. The predicted octanol–water partition coefficient (Wildman–Crippen LogP) is 0.780. The summed E-state index contributed by atoms with van der Waals surface area (Å²) in [6, 6.07) is 0.535. The third kappa shape index (κ3) is 2.01. The van der Waals surface area contributed by atoms with Gasteiger partial charge in [-0.2, -0.15) is 5.10 Å². The predicted molar refractivity (Wildman–Crippen MR) is 52.4 cm³/mol. The van der Waals surface area contributed by atoms with Crippen molar-refractivity contribution in [1.82, 2.24) is 15.1 Å². The third-order valence-corrected chi connectivity index (χ3v) is 2.54. The monoisotopic (exact) mass is 180 g/mol. The average Bonchev–Trinajstić information content (AvgIpc) is 2.43. The first-order valence-electron chi connectivity index (χ1n) is 4.86. The Morgan fingerprint density at radius 1 is 1.46 bits per heavy atom. The van der Waals surface area contributed by atoms with Crippen molar-refractivity contribution in [2.45, 2.75) is 25.3 Å². The van der Waals surface area contributed by atoms with Crippen molar-refractivity contribution in [2.75, 3.05) is 18.8 Å². The van der Waals surface area contributed by atoms with Crippen molar-refractivity contribution in [1.29, 1.82) is 0 Å². The SMILES string of the molecule is Nc1cnn(C2CCCNCC2)c1. The van der Waals surface area contributed by atoms with Crippen molar-refractivity contribution in [2.24, 2.45) is 0 Å². The molecule has 1 aliphatic rings. The van der Waals surface area contributed by atoms with Gasteiger partial charge in [-0.05, 0) is 32.4 Å². The van der Waals surface area contributed by atoms with Gasteiger partial charge in [-0.25, -0.2) is 0 Å². The van der Waals surface area contributed by atoms with Crippen LogP contribution in [0.4, 0.5) is 5.69 Å². The van der Waals surface area contributed by atoms with Crippen LogP contribution in [0.1, 0.15) is 25.3 Å². The van der Waals surface area contributed by atoms with Crippen molar-refractivity contribution in [3.05, 3.63) is 12.4 Å². The van der Waals surface area contributed by atoms with Crippen LogP contribution < -0.4 is 11.1 Å². The molecule has 0 bridgehead atoms. The minimum atomic E-state index is 0.535. The molecule has 1 aliphatic heterocycles. The smallest absolute Gasteiger partial charge is 0.0719 e. The summed E-state index contributed by atoms with van der Waals surface area (Å²) in [4.78, 5) is 0. The molecule has 72 valence electrons. The molecule has 1 aromatic rings. The average molecular weight is 180 g/mol. The van der Waals surface area contributed by atoms with Gasteiger partial charge in [0.25, 0.3) is 0 Å². The summed E-state index contributed by atoms with van der Waals surface area (Å²) >= 11 is 0. The van der Waals surface area contributed by atoms with Gasteiger partial charge >= 0.3 is 0 Å². The van der Waals surface area contributed by atoms with Gasteiger partial charge in [-0.3, -0.25) is 4.68 Å². The van der Waals surface area contributed by atoms with Crippen LogP contribution in [0.3, 0.4) is 0 Å². The van der Waals surface area contributed by atoms with E-state index in [1.54, 1.807) is 6.20 Å². The summed E-state index contributed by atoms with van der Waals surface area (Å²) in [5.74, 6) is 0. The van der Waals surface area contributed by atoms with Gasteiger partial charge in [0, 0.05) is 6.20 Å². The molecule has 2 rings (SSSR count). The fourth-order valence-electron chi connectivity index (χ4n) is 1.82. The first-order chi connectivity index (χ1) is 6.36. The minimum Gasteiger partial charge on any atom is -0.396 e. The quantitative estimate of drug-likeness (QED) is 0.671. The lowest BCUT2D eigenvalue weighted by Crippen LogP contribution is -2.15. The molecule has 1 aromatic heterocycles.